The van der Waals surface area contributed by atoms with E-state index in [-0.39, 0.29) is 12.3 Å². The van der Waals surface area contributed by atoms with Crippen molar-refractivity contribution in [2.45, 2.75) is 32.1 Å². The number of methoxy groups -OCH3 is 2. The topological polar surface area (TPSA) is 71.9 Å². The quantitative estimate of drug-likeness (QED) is 0.427. The van der Waals surface area contributed by atoms with Crippen molar-refractivity contribution in [3.8, 4) is 23.3 Å². The molecule has 0 amide bonds. The number of carboxylic acid groups (broad SMARTS) is 1. The average Bonchev–Trinajstić information content (AvgIpc) is 2.89. The largest absolute Gasteiger partial charge is 0.497 e. The molecule has 0 saturated carbocycles. The first-order chi connectivity index (χ1) is 17.6. The predicted octanol–water partition coefficient (Wildman–Crippen LogP) is 5.04. The molecular formula is C30H34N2O4. The summed E-state index contributed by atoms with van der Waals surface area (Å²) in [5.74, 6) is 7.92. The van der Waals surface area contributed by atoms with Crippen molar-refractivity contribution < 1.29 is 19.4 Å². The molecule has 4 rings (SSSR count). The minimum absolute atomic E-state index is 0.143. The highest BCUT2D eigenvalue weighted by atomic mass is 16.5. The van der Waals surface area contributed by atoms with Crippen molar-refractivity contribution >= 4 is 16.9 Å². The Balaban J connectivity index is 1.35. The van der Waals surface area contributed by atoms with Gasteiger partial charge in [0.25, 0.3) is 0 Å². The van der Waals surface area contributed by atoms with Crippen LogP contribution in [-0.4, -0.2) is 54.8 Å². The first-order valence-corrected chi connectivity index (χ1v) is 12.5. The molecule has 188 valence electrons. The molecule has 1 aliphatic heterocycles. The molecular weight excluding hydrogens is 452 g/mol. The van der Waals surface area contributed by atoms with E-state index in [0.717, 1.165) is 66.7 Å². The Morgan fingerprint density at radius 1 is 1.11 bits per heavy atom. The molecule has 2 atom stereocenters. The fourth-order valence-electron chi connectivity index (χ4n) is 5.17. The zero-order chi connectivity index (χ0) is 25.3. The van der Waals surface area contributed by atoms with E-state index in [4.69, 9.17) is 9.47 Å². The molecule has 2 heterocycles. The van der Waals surface area contributed by atoms with Gasteiger partial charge in [0, 0.05) is 30.1 Å². The zero-order valence-corrected chi connectivity index (χ0v) is 21.1. The minimum atomic E-state index is -0.721. The van der Waals surface area contributed by atoms with Crippen molar-refractivity contribution in [2.75, 3.05) is 33.9 Å². The highest BCUT2D eigenvalue weighted by Gasteiger charge is 2.30. The number of ether oxygens (including phenoxy) is 2. The van der Waals surface area contributed by atoms with Crippen LogP contribution < -0.4 is 9.47 Å². The number of hydrogen-bond donors (Lipinski definition) is 1. The number of aliphatic carboxylic acids is 1. The molecule has 1 aromatic heterocycles. The van der Waals surface area contributed by atoms with Gasteiger partial charge in [0.05, 0.1) is 26.3 Å². The number of aromatic nitrogens is 1. The molecule has 2 aromatic carbocycles. The normalized spacial score (nSPS) is 17.8. The van der Waals surface area contributed by atoms with E-state index in [1.807, 2.05) is 42.6 Å². The molecule has 6 heteroatoms. The summed E-state index contributed by atoms with van der Waals surface area (Å²) in [6, 6.07) is 15.8. The highest BCUT2D eigenvalue weighted by Crippen LogP contribution is 2.31. The van der Waals surface area contributed by atoms with Crippen LogP contribution >= 0.6 is 0 Å². The maximum Gasteiger partial charge on any atom is 0.303 e. The lowest BCUT2D eigenvalue weighted by atomic mass is 9.80. The summed E-state index contributed by atoms with van der Waals surface area (Å²) in [5.41, 5.74) is 3.16. The van der Waals surface area contributed by atoms with E-state index in [1.54, 1.807) is 14.2 Å². The first-order valence-electron chi connectivity index (χ1n) is 12.5. The van der Waals surface area contributed by atoms with Crippen LogP contribution in [0.15, 0.2) is 54.7 Å². The molecule has 0 unspecified atom stereocenters. The van der Waals surface area contributed by atoms with Crippen LogP contribution in [0.3, 0.4) is 0 Å². The van der Waals surface area contributed by atoms with E-state index >= 15 is 0 Å². The van der Waals surface area contributed by atoms with Gasteiger partial charge in [-0.25, -0.2) is 0 Å². The fraction of sp³-hybridized carbons (Fsp3) is 0.400. The number of aryl methyl sites for hydroxylation is 1. The molecule has 6 nitrogen and oxygen atoms in total. The Morgan fingerprint density at radius 2 is 1.94 bits per heavy atom. The number of carbonyl (C=O) groups is 1. The van der Waals surface area contributed by atoms with Crippen molar-refractivity contribution in [1.29, 1.82) is 0 Å². The monoisotopic (exact) mass is 486 g/mol. The Labute approximate surface area is 213 Å². The Bertz CT molecular complexity index is 1250. The summed E-state index contributed by atoms with van der Waals surface area (Å²) < 4.78 is 10.7. The van der Waals surface area contributed by atoms with Crippen LogP contribution in [0.25, 0.3) is 10.9 Å². The molecule has 0 radical (unpaired) electrons. The number of carboxylic acids is 1. The molecule has 3 aromatic rings. The lowest BCUT2D eigenvalue weighted by Gasteiger charge is -2.37. The van der Waals surface area contributed by atoms with Crippen LogP contribution in [0.4, 0.5) is 0 Å². The number of piperidine rings is 1. The number of fused-ring (bicyclic) bond motifs is 1. The smallest absolute Gasteiger partial charge is 0.303 e. The van der Waals surface area contributed by atoms with Crippen LogP contribution in [0.1, 0.15) is 36.8 Å². The van der Waals surface area contributed by atoms with Crippen LogP contribution in [0.2, 0.25) is 0 Å². The van der Waals surface area contributed by atoms with Gasteiger partial charge in [0.2, 0.25) is 0 Å². The number of benzene rings is 2. The van der Waals surface area contributed by atoms with Gasteiger partial charge in [0.15, 0.2) is 0 Å². The summed E-state index contributed by atoms with van der Waals surface area (Å²) in [6.07, 6.45) is 6.06. The van der Waals surface area contributed by atoms with Crippen molar-refractivity contribution in [3.63, 3.8) is 0 Å². The van der Waals surface area contributed by atoms with Gasteiger partial charge in [0.1, 0.15) is 11.5 Å². The van der Waals surface area contributed by atoms with E-state index in [1.165, 1.54) is 5.56 Å². The number of likely N-dealkylation sites (tertiary alicyclic amines) is 1. The average molecular weight is 487 g/mol. The summed E-state index contributed by atoms with van der Waals surface area (Å²) in [4.78, 5) is 18.4. The maximum absolute atomic E-state index is 11.6. The summed E-state index contributed by atoms with van der Waals surface area (Å²) in [7, 11) is 3.33. The predicted molar refractivity (Wildman–Crippen MR) is 141 cm³/mol. The third-order valence-corrected chi connectivity index (χ3v) is 7.08. The lowest BCUT2D eigenvalue weighted by molar-refractivity contribution is -0.139. The standard InChI is InChI=1S/C30H34N2O4/c1-35-26-10-3-6-22(18-26)7-5-16-32-17-14-23(25(21-32)19-30(33)34)8-4-9-24-13-15-31-29-12-11-27(36-2)20-28(24)29/h3,6,10-13,15,18,20,23,25H,4,8-9,14,16-17,19,21H2,1-2H3,(H,33,34)/t23-,25+/m1/s1. The second-order valence-corrected chi connectivity index (χ2v) is 9.42. The minimum Gasteiger partial charge on any atom is -0.497 e. The third kappa shape index (κ3) is 6.77. The molecule has 1 N–H and O–H groups in total. The van der Waals surface area contributed by atoms with E-state index in [9.17, 15) is 9.90 Å². The van der Waals surface area contributed by atoms with Gasteiger partial charge in [-0.1, -0.05) is 17.9 Å². The second kappa shape index (κ2) is 12.4. The zero-order valence-electron chi connectivity index (χ0n) is 21.1. The number of nitrogens with zero attached hydrogens (tertiary/aromatic N) is 2. The second-order valence-electron chi connectivity index (χ2n) is 9.42. The van der Waals surface area contributed by atoms with E-state index in [0.29, 0.717) is 12.5 Å². The molecule has 1 fully saturated rings. The summed E-state index contributed by atoms with van der Waals surface area (Å²) in [5, 5.41) is 10.7. The number of pyridine rings is 1. The molecule has 36 heavy (non-hydrogen) atoms. The van der Waals surface area contributed by atoms with Crippen LogP contribution in [0, 0.1) is 23.7 Å². The first kappa shape index (κ1) is 25.5. The van der Waals surface area contributed by atoms with Gasteiger partial charge in [-0.15, -0.1) is 0 Å². The molecule has 0 bridgehead atoms. The highest BCUT2D eigenvalue weighted by molar-refractivity contribution is 5.83. The molecule has 1 saturated heterocycles. The van der Waals surface area contributed by atoms with Gasteiger partial charge < -0.3 is 14.6 Å². The maximum atomic E-state index is 11.6. The van der Waals surface area contributed by atoms with Gasteiger partial charge in [-0.3, -0.25) is 14.7 Å². The Morgan fingerprint density at radius 3 is 2.75 bits per heavy atom. The van der Waals surface area contributed by atoms with Crippen molar-refractivity contribution in [2.24, 2.45) is 11.8 Å². The molecule has 1 aliphatic rings. The van der Waals surface area contributed by atoms with Crippen molar-refractivity contribution in [1.82, 2.24) is 9.88 Å². The van der Waals surface area contributed by atoms with E-state index in [2.05, 4.69) is 33.9 Å². The van der Waals surface area contributed by atoms with Gasteiger partial charge in [-0.2, -0.15) is 0 Å². The van der Waals surface area contributed by atoms with E-state index < -0.39 is 5.97 Å². The van der Waals surface area contributed by atoms with Gasteiger partial charge in [-0.05, 0) is 92.1 Å². The van der Waals surface area contributed by atoms with Crippen LogP contribution in [-0.2, 0) is 11.2 Å². The van der Waals surface area contributed by atoms with Gasteiger partial charge >= 0.3 is 5.97 Å². The Kier molecular flexibility index (Phi) is 8.80. The molecule has 0 aliphatic carbocycles. The summed E-state index contributed by atoms with van der Waals surface area (Å²) >= 11 is 0. The lowest BCUT2D eigenvalue weighted by Crippen LogP contribution is -2.41. The molecule has 0 spiro atoms. The third-order valence-electron chi connectivity index (χ3n) is 7.08. The van der Waals surface area contributed by atoms with Crippen LogP contribution in [0.5, 0.6) is 11.5 Å². The summed E-state index contributed by atoms with van der Waals surface area (Å²) in [6.45, 7) is 2.37. The fourth-order valence-corrected chi connectivity index (χ4v) is 5.17. The SMILES string of the molecule is COc1cccc(C#CCN2CC[C@@H](CCCc3ccnc4ccc(OC)cc34)[C@@H](CC(=O)O)C2)c1. The van der Waals surface area contributed by atoms with Crippen molar-refractivity contribution in [3.05, 3.63) is 65.9 Å². The number of rotatable bonds is 9. The Hall–Kier alpha value is -3.56. The number of hydrogen-bond acceptors (Lipinski definition) is 5.